The van der Waals surface area contributed by atoms with Crippen LogP contribution >= 0.6 is 23.5 Å². The molecular formula is C55H46N2S2. The van der Waals surface area contributed by atoms with E-state index >= 15 is 0 Å². The van der Waals surface area contributed by atoms with E-state index in [1.165, 1.54) is 82.5 Å². The fraction of sp³-hybridized carbons (Fsp3) is 0.200. The molecule has 0 bridgehead atoms. The Morgan fingerprint density at radius 3 is 1.76 bits per heavy atom. The van der Waals surface area contributed by atoms with Crippen molar-refractivity contribution in [3.63, 3.8) is 0 Å². The minimum Gasteiger partial charge on any atom is -0.355 e. The molecule has 0 N–H and O–H groups in total. The summed E-state index contributed by atoms with van der Waals surface area (Å²) in [6.07, 6.45) is 5.69. The van der Waals surface area contributed by atoms with Crippen LogP contribution in [0.5, 0.6) is 0 Å². The molecule has 0 aromatic heterocycles. The number of nitrogens with zero attached hydrogens (tertiary/aromatic N) is 2. The van der Waals surface area contributed by atoms with E-state index in [2.05, 4.69) is 223 Å². The molecule has 4 heteroatoms. The molecule has 5 unspecified atom stereocenters. The van der Waals surface area contributed by atoms with Gasteiger partial charge in [0.05, 0.1) is 12.1 Å². The minimum absolute atomic E-state index is 0.00539. The average Bonchev–Trinajstić information content (AvgIpc) is 4.01. The molecule has 0 amide bonds. The van der Waals surface area contributed by atoms with Gasteiger partial charge in [-0.1, -0.05) is 135 Å². The molecule has 0 spiro atoms. The summed E-state index contributed by atoms with van der Waals surface area (Å²) in [5.74, 6) is 0. The summed E-state index contributed by atoms with van der Waals surface area (Å²) in [6.45, 7) is 4.77. The molecule has 12 rings (SSSR count). The van der Waals surface area contributed by atoms with Crippen LogP contribution in [0.4, 0.5) is 17.1 Å². The third kappa shape index (κ3) is 5.63. The first-order chi connectivity index (χ1) is 29.0. The highest BCUT2D eigenvalue weighted by Crippen LogP contribution is 2.66. The van der Waals surface area contributed by atoms with Gasteiger partial charge in [0.25, 0.3) is 0 Å². The smallest absolute Gasteiger partial charge is 0.0694 e. The van der Waals surface area contributed by atoms with Crippen LogP contribution in [-0.2, 0) is 5.41 Å². The lowest BCUT2D eigenvalue weighted by atomic mass is 9.81. The Kier molecular flexibility index (Phi) is 8.32. The Bertz CT molecular complexity index is 2710. The highest BCUT2D eigenvalue weighted by molar-refractivity contribution is 8.04. The zero-order chi connectivity index (χ0) is 39.2. The first kappa shape index (κ1) is 35.5. The predicted molar refractivity (Wildman–Crippen MR) is 250 cm³/mol. The summed E-state index contributed by atoms with van der Waals surface area (Å²) in [4.78, 5) is 8.30. The Morgan fingerprint density at radius 1 is 0.542 bits per heavy atom. The SMILES string of the molecule is CC1(C)c2ccccc2-c2ccc(C3=CCC(N(c4ccc(-c5ccccc5)cc4)c4ccc(N5C6c7ccccc7SC6C6Sc7ccccc7C65)cc4)CC3)cc21. The van der Waals surface area contributed by atoms with Crippen LogP contribution in [0.3, 0.4) is 0 Å². The topological polar surface area (TPSA) is 6.48 Å². The van der Waals surface area contributed by atoms with Gasteiger partial charge in [0.1, 0.15) is 0 Å². The number of hydrogen-bond acceptors (Lipinski definition) is 4. The van der Waals surface area contributed by atoms with Crippen LogP contribution < -0.4 is 9.80 Å². The van der Waals surface area contributed by atoms with Crippen LogP contribution in [0.2, 0.25) is 0 Å². The molecule has 3 aliphatic heterocycles. The largest absolute Gasteiger partial charge is 0.355 e. The van der Waals surface area contributed by atoms with Gasteiger partial charge in [-0.2, -0.15) is 0 Å². The van der Waals surface area contributed by atoms with Crippen LogP contribution in [0, 0.1) is 0 Å². The van der Waals surface area contributed by atoms with Gasteiger partial charge in [-0.3, -0.25) is 0 Å². The number of fused-ring (bicyclic) bond motifs is 10. The summed E-state index contributed by atoms with van der Waals surface area (Å²) < 4.78 is 0. The van der Waals surface area contributed by atoms with Crippen molar-refractivity contribution in [2.75, 3.05) is 9.80 Å². The fourth-order valence-electron chi connectivity index (χ4n) is 11.1. The van der Waals surface area contributed by atoms with Crippen LogP contribution in [0.25, 0.3) is 27.8 Å². The van der Waals surface area contributed by atoms with E-state index in [0.717, 1.165) is 19.3 Å². The maximum atomic E-state index is 2.78. The molecular weight excluding hydrogens is 753 g/mol. The van der Waals surface area contributed by atoms with Gasteiger partial charge in [0, 0.05) is 48.8 Å². The van der Waals surface area contributed by atoms with Crippen molar-refractivity contribution >= 4 is 46.2 Å². The summed E-state index contributed by atoms with van der Waals surface area (Å²) >= 11 is 4.20. The van der Waals surface area contributed by atoms with E-state index in [9.17, 15) is 0 Å². The lowest BCUT2D eigenvalue weighted by molar-refractivity contribution is 0.597. The number of allylic oxidation sites excluding steroid dienone is 1. The molecule has 1 fully saturated rings. The zero-order valence-corrected chi connectivity index (χ0v) is 35.1. The third-order valence-corrected chi connectivity index (χ3v) is 17.0. The van der Waals surface area contributed by atoms with Gasteiger partial charge in [0.2, 0.25) is 0 Å². The Hall–Kier alpha value is -5.42. The second-order valence-electron chi connectivity index (χ2n) is 17.4. The second-order valence-corrected chi connectivity index (χ2v) is 19.9. The Balaban J connectivity index is 0.892. The molecule has 1 saturated heterocycles. The summed E-state index contributed by atoms with van der Waals surface area (Å²) in [5, 5.41) is 1.04. The molecule has 3 heterocycles. The molecule has 7 aromatic carbocycles. The highest BCUT2D eigenvalue weighted by Gasteiger charge is 2.57. The van der Waals surface area contributed by atoms with E-state index in [4.69, 9.17) is 0 Å². The van der Waals surface area contributed by atoms with Gasteiger partial charge < -0.3 is 9.80 Å². The van der Waals surface area contributed by atoms with Crippen molar-refractivity contribution in [3.8, 4) is 22.3 Å². The fourth-order valence-corrected chi connectivity index (χ4v) is 14.3. The van der Waals surface area contributed by atoms with Crippen LogP contribution in [0.15, 0.2) is 186 Å². The van der Waals surface area contributed by atoms with Gasteiger partial charge >= 0.3 is 0 Å². The second kappa shape index (κ2) is 13.8. The van der Waals surface area contributed by atoms with E-state index < -0.39 is 0 Å². The lowest BCUT2D eigenvalue weighted by Crippen LogP contribution is -2.32. The third-order valence-electron chi connectivity index (χ3n) is 13.9. The van der Waals surface area contributed by atoms with Crippen molar-refractivity contribution < 1.29 is 0 Å². The summed E-state index contributed by atoms with van der Waals surface area (Å²) in [6, 6.07) is 65.2. The van der Waals surface area contributed by atoms with Gasteiger partial charge in [-0.25, -0.2) is 0 Å². The van der Waals surface area contributed by atoms with Crippen molar-refractivity contribution in [2.24, 2.45) is 0 Å². The normalized spacial score (nSPS) is 22.8. The lowest BCUT2D eigenvalue weighted by Gasteiger charge is -2.37. The van der Waals surface area contributed by atoms with E-state index in [1.807, 2.05) is 0 Å². The summed E-state index contributed by atoms with van der Waals surface area (Å²) in [5.41, 5.74) is 17.8. The van der Waals surface area contributed by atoms with Gasteiger partial charge in [-0.05, 0) is 130 Å². The van der Waals surface area contributed by atoms with Crippen LogP contribution in [0.1, 0.15) is 73.0 Å². The maximum Gasteiger partial charge on any atom is 0.0694 e. The minimum atomic E-state index is 0.00539. The number of thioether (sulfide) groups is 2. The molecule has 7 aromatic rings. The highest BCUT2D eigenvalue weighted by atomic mass is 32.2. The van der Waals surface area contributed by atoms with Gasteiger partial charge in [0.15, 0.2) is 0 Å². The molecule has 0 radical (unpaired) electrons. The monoisotopic (exact) mass is 798 g/mol. The molecule has 2 aliphatic carbocycles. The molecule has 0 saturated carbocycles. The maximum absolute atomic E-state index is 2.78. The van der Waals surface area contributed by atoms with E-state index in [-0.39, 0.29) is 5.41 Å². The number of rotatable bonds is 6. The molecule has 59 heavy (non-hydrogen) atoms. The Labute approximate surface area is 357 Å². The molecule has 5 aliphatic rings. The Morgan fingerprint density at radius 2 is 1.10 bits per heavy atom. The first-order valence-electron chi connectivity index (χ1n) is 21.3. The van der Waals surface area contributed by atoms with Crippen molar-refractivity contribution in [1.82, 2.24) is 0 Å². The molecule has 288 valence electrons. The van der Waals surface area contributed by atoms with Crippen molar-refractivity contribution in [1.29, 1.82) is 0 Å². The predicted octanol–water partition coefficient (Wildman–Crippen LogP) is 14.7. The van der Waals surface area contributed by atoms with Gasteiger partial charge in [-0.15, -0.1) is 23.5 Å². The molecule has 2 nitrogen and oxygen atoms in total. The zero-order valence-electron chi connectivity index (χ0n) is 33.5. The molecule has 5 atom stereocenters. The number of hydrogen-bond donors (Lipinski definition) is 0. The number of anilines is 3. The van der Waals surface area contributed by atoms with Crippen LogP contribution in [-0.4, -0.2) is 16.5 Å². The van der Waals surface area contributed by atoms with Crippen molar-refractivity contribution in [2.45, 2.75) is 76.9 Å². The summed E-state index contributed by atoms with van der Waals surface area (Å²) in [7, 11) is 0. The standard InChI is InChI=1S/C55H46N2S2/c1-55(2)47-17-9-6-14-43(47)44-33-24-38(34-48(44)55)37-22-27-40(28-23-37)56(39-25-20-36(21-26-39)35-12-4-3-5-13-35)41-29-31-42(32-30-41)57-51-45-15-7-10-18-49(45)58-53(51)54-52(57)46-16-8-11-19-50(46)59-54/h3-22,24-26,29-34,40,51-54H,23,27-28H2,1-2H3. The van der Waals surface area contributed by atoms with E-state index in [0.29, 0.717) is 28.6 Å². The van der Waals surface area contributed by atoms with Crippen molar-refractivity contribution in [3.05, 3.63) is 204 Å². The van der Waals surface area contributed by atoms with E-state index in [1.54, 1.807) is 0 Å². The first-order valence-corrected chi connectivity index (χ1v) is 23.1. The quantitative estimate of drug-likeness (QED) is 0.165. The number of benzene rings is 7. The average molecular weight is 799 g/mol.